The zero-order valence-corrected chi connectivity index (χ0v) is 14.4. The van der Waals surface area contributed by atoms with E-state index < -0.39 is 16.6 Å². The zero-order chi connectivity index (χ0) is 17.6. The average Bonchev–Trinajstić information content (AvgIpc) is 2.54. The number of halogens is 2. The van der Waals surface area contributed by atoms with Crippen molar-refractivity contribution in [3.05, 3.63) is 24.3 Å². The molecule has 2 atom stereocenters. The lowest BCUT2D eigenvalue weighted by Gasteiger charge is -2.31. The Morgan fingerprint density at radius 2 is 1.79 bits per heavy atom. The molecule has 24 heavy (non-hydrogen) atoms. The van der Waals surface area contributed by atoms with Crippen LogP contribution in [0.2, 0.25) is 0 Å². The van der Waals surface area contributed by atoms with E-state index in [4.69, 9.17) is 4.74 Å². The van der Waals surface area contributed by atoms with Gasteiger partial charge in [0.15, 0.2) is 0 Å². The van der Waals surface area contributed by atoms with Crippen molar-refractivity contribution in [2.45, 2.75) is 45.3 Å². The fourth-order valence-corrected chi connectivity index (χ4v) is 3.74. The van der Waals surface area contributed by atoms with Gasteiger partial charge in [-0.3, -0.25) is 0 Å². The van der Waals surface area contributed by atoms with Crippen molar-refractivity contribution in [2.24, 2.45) is 5.92 Å². The van der Waals surface area contributed by atoms with Crippen LogP contribution in [0.25, 0.3) is 0 Å². The summed E-state index contributed by atoms with van der Waals surface area (Å²) in [6.07, 6.45) is 3.73. The monoisotopic (exact) mass is 363 g/mol. The first-order valence-corrected chi connectivity index (χ1v) is 9.72. The standard InChI is InChI=1S/C16H23F2NO4S/c1-2-24(20,21)19-15-6-4-3-5-12(15)11-22-13-7-9-14(10-8-13)23-16(17)18/h7-10,12,15-16,19H,2-6,11H2,1H3/t12-,15+/m0/s1. The van der Waals surface area contributed by atoms with Crippen molar-refractivity contribution in [2.75, 3.05) is 12.4 Å². The molecule has 1 aromatic carbocycles. The molecule has 0 aromatic heterocycles. The van der Waals surface area contributed by atoms with Crippen LogP contribution in [0.5, 0.6) is 11.5 Å². The van der Waals surface area contributed by atoms with Crippen LogP contribution in [0.3, 0.4) is 0 Å². The fraction of sp³-hybridized carbons (Fsp3) is 0.625. The highest BCUT2D eigenvalue weighted by atomic mass is 32.2. The molecule has 5 nitrogen and oxygen atoms in total. The maximum absolute atomic E-state index is 12.1. The van der Waals surface area contributed by atoms with E-state index >= 15 is 0 Å². The number of ether oxygens (including phenoxy) is 2. The van der Waals surface area contributed by atoms with E-state index in [9.17, 15) is 17.2 Å². The molecule has 1 fully saturated rings. The number of alkyl halides is 2. The van der Waals surface area contributed by atoms with Gasteiger partial charge in [-0.15, -0.1) is 0 Å². The Kier molecular flexibility index (Phi) is 6.79. The summed E-state index contributed by atoms with van der Waals surface area (Å²) >= 11 is 0. The first-order chi connectivity index (χ1) is 11.4. The number of sulfonamides is 1. The molecule has 8 heteroatoms. The maximum Gasteiger partial charge on any atom is 0.387 e. The fourth-order valence-electron chi connectivity index (χ4n) is 2.80. The predicted molar refractivity (Wildman–Crippen MR) is 86.9 cm³/mol. The highest BCUT2D eigenvalue weighted by molar-refractivity contribution is 7.89. The van der Waals surface area contributed by atoms with E-state index in [-0.39, 0.29) is 23.5 Å². The molecule has 1 aliphatic rings. The Bertz CT molecular complexity index is 607. The number of hydrogen-bond acceptors (Lipinski definition) is 4. The van der Waals surface area contributed by atoms with E-state index in [1.807, 2.05) is 0 Å². The largest absolute Gasteiger partial charge is 0.493 e. The van der Waals surface area contributed by atoms with E-state index in [1.54, 1.807) is 19.1 Å². The van der Waals surface area contributed by atoms with Crippen LogP contribution in [0.1, 0.15) is 32.6 Å². The molecule has 0 saturated heterocycles. The average molecular weight is 363 g/mol. The molecule has 0 aliphatic heterocycles. The summed E-state index contributed by atoms with van der Waals surface area (Å²) in [4.78, 5) is 0. The van der Waals surface area contributed by atoms with Gasteiger partial charge < -0.3 is 9.47 Å². The van der Waals surface area contributed by atoms with Crippen molar-refractivity contribution in [3.63, 3.8) is 0 Å². The van der Waals surface area contributed by atoms with Crippen molar-refractivity contribution in [1.29, 1.82) is 0 Å². The minimum atomic E-state index is -3.25. The van der Waals surface area contributed by atoms with Gasteiger partial charge in [-0.25, -0.2) is 13.1 Å². The van der Waals surface area contributed by atoms with Gasteiger partial charge in [0.25, 0.3) is 0 Å². The smallest absolute Gasteiger partial charge is 0.387 e. The summed E-state index contributed by atoms with van der Waals surface area (Å²) in [5.74, 6) is 0.767. The Hall–Kier alpha value is -1.41. The minimum absolute atomic E-state index is 0.0582. The third-order valence-electron chi connectivity index (χ3n) is 4.13. The van der Waals surface area contributed by atoms with Crippen LogP contribution < -0.4 is 14.2 Å². The number of hydrogen-bond donors (Lipinski definition) is 1. The molecule has 0 heterocycles. The van der Waals surface area contributed by atoms with Crippen LogP contribution in [-0.2, 0) is 10.0 Å². The minimum Gasteiger partial charge on any atom is -0.493 e. The lowest BCUT2D eigenvalue weighted by molar-refractivity contribution is -0.0498. The van der Waals surface area contributed by atoms with Crippen molar-refractivity contribution in [1.82, 2.24) is 4.72 Å². The Labute approximate surface area is 141 Å². The van der Waals surface area contributed by atoms with E-state index in [0.29, 0.717) is 12.4 Å². The molecular weight excluding hydrogens is 340 g/mol. The van der Waals surface area contributed by atoms with Gasteiger partial charge in [-0.2, -0.15) is 8.78 Å². The van der Waals surface area contributed by atoms with E-state index in [0.717, 1.165) is 25.7 Å². The summed E-state index contributed by atoms with van der Waals surface area (Å²) in [7, 11) is -3.25. The van der Waals surface area contributed by atoms with E-state index in [1.165, 1.54) is 12.1 Å². The molecule has 136 valence electrons. The normalized spacial score (nSPS) is 21.7. The molecule has 0 spiro atoms. The first kappa shape index (κ1) is 18.9. The predicted octanol–water partition coefficient (Wildman–Crippen LogP) is 3.16. The molecule has 1 aliphatic carbocycles. The molecule has 1 aromatic rings. The topological polar surface area (TPSA) is 64.6 Å². The SMILES string of the molecule is CCS(=O)(=O)N[C@@H]1CCCC[C@H]1COc1ccc(OC(F)F)cc1. The number of benzene rings is 1. The molecule has 0 unspecified atom stereocenters. The van der Waals surface area contributed by atoms with Gasteiger partial charge in [0.1, 0.15) is 11.5 Å². The van der Waals surface area contributed by atoms with Crippen LogP contribution in [0.15, 0.2) is 24.3 Å². The summed E-state index contributed by atoms with van der Waals surface area (Å²) < 4.78 is 60.5. The molecule has 0 bridgehead atoms. The number of nitrogens with one attached hydrogen (secondary N) is 1. The molecule has 1 saturated carbocycles. The summed E-state index contributed by atoms with van der Waals surface area (Å²) in [5.41, 5.74) is 0. The maximum atomic E-state index is 12.1. The van der Waals surface area contributed by atoms with E-state index in [2.05, 4.69) is 9.46 Å². The lowest BCUT2D eigenvalue weighted by atomic mass is 9.86. The Morgan fingerprint density at radius 1 is 1.17 bits per heavy atom. The van der Waals surface area contributed by atoms with Gasteiger partial charge in [-0.05, 0) is 44.0 Å². The van der Waals surface area contributed by atoms with Gasteiger partial charge in [0, 0.05) is 12.0 Å². The molecule has 1 N–H and O–H groups in total. The lowest BCUT2D eigenvalue weighted by Crippen LogP contribution is -2.44. The highest BCUT2D eigenvalue weighted by Crippen LogP contribution is 2.27. The molecule has 2 rings (SSSR count). The van der Waals surface area contributed by atoms with Gasteiger partial charge in [0.2, 0.25) is 10.0 Å². The Morgan fingerprint density at radius 3 is 2.42 bits per heavy atom. The first-order valence-electron chi connectivity index (χ1n) is 8.07. The number of rotatable bonds is 8. The summed E-state index contributed by atoms with van der Waals surface area (Å²) in [6.45, 7) is -0.864. The van der Waals surface area contributed by atoms with Crippen molar-refractivity contribution < 1.29 is 26.7 Å². The summed E-state index contributed by atoms with van der Waals surface area (Å²) in [5, 5.41) is 0. The van der Waals surface area contributed by atoms with Crippen molar-refractivity contribution >= 4 is 10.0 Å². The van der Waals surface area contributed by atoms with Crippen LogP contribution >= 0.6 is 0 Å². The quantitative estimate of drug-likeness (QED) is 0.771. The van der Waals surface area contributed by atoms with Crippen LogP contribution in [-0.4, -0.2) is 33.4 Å². The summed E-state index contributed by atoms with van der Waals surface area (Å²) in [6, 6.07) is 5.83. The van der Waals surface area contributed by atoms with Gasteiger partial charge >= 0.3 is 6.61 Å². The van der Waals surface area contributed by atoms with Crippen molar-refractivity contribution in [3.8, 4) is 11.5 Å². The second-order valence-electron chi connectivity index (χ2n) is 5.83. The third kappa shape index (κ3) is 5.90. The van der Waals surface area contributed by atoms with Crippen LogP contribution in [0, 0.1) is 5.92 Å². The molecular formula is C16H23F2NO4S. The molecule has 0 radical (unpaired) electrons. The molecule has 0 amide bonds. The van der Waals surface area contributed by atoms with Gasteiger partial charge in [-0.1, -0.05) is 12.8 Å². The Balaban J connectivity index is 1.91. The highest BCUT2D eigenvalue weighted by Gasteiger charge is 2.28. The van der Waals surface area contributed by atoms with Gasteiger partial charge in [0.05, 0.1) is 12.4 Å². The second-order valence-corrected chi connectivity index (χ2v) is 7.88. The third-order valence-corrected chi connectivity index (χ3v) is 5.55. The second kappa shape index (κ2) is 8.62. The zero-order valence-electron chi connectivity index (χ0n) is 13.6. The van der Waals surface area contributed by atoms with Crippen LogP contribution in [0.4, 0.5) is 8.78 Å².